The van der Waals surface area contributed by atoms with Crippen LogP contribution in [0.2, 0.25) is 0 Å². The van der Waals surface area contributed by atoms with Gasteiger partial charge in [-0.05, 0) is 31.2 Å². The molecule has 1 N–H and O–H groups in total. The summed E-state index contributed by atoms with van der Waals surface area (Å²) < 4.78 is 5.16. The Kier molecular flexibility index (Phi) is 4.52. The molecule has 26 heavy (non-hydrogen) atoms. The van der Waals surface area contributed by atoms with Crippen LogP contribution in [-0.2, 0) is 0 Å². The minimum atomic E-state index is -0.664. The summed E-state index contributed by atoms with van der Waals surface area (Å²) in [4.78, 5) is 38.2. The second kappa shape index (κ2) is 6.93. The van der Waals surface area contributed by atoms with Gasteiger partial charge < -0.3 is 4.42 Å². The molecule has 2 heterocycles. The van der Waals surface area contributed by atoms with E-state index in [0.717, 1.165) is 0 Å². The molecule has 0 radical (unpaired) electrons. The predicted molar refractivity (Wildman–Crippen MR) is 93.1 cm³/mol. The Bertz CT molecular complexity index is 1090. The zero-order valence-corrected chi connectivity index (χ0v) is 13.5. The fourth-order valence-corrected chi connectivity index (χ4v) is 2.23. The van der Waals surface area contributed by atoms with E-state index in [4.69, 9.17) is 4.42 Å². The first kappa shape index (κ1) is 17.0. The van der Waals surface area contributed by atoms with Crippen molar-refractivity contribution in [2.24, 2.45) is 5.10 Å². The summed E-state index contributed by atoms with van der Waals surface area (Å²) in [6.45, 7) is 1.51. The highest BCUT2D eigenvalue weighted by Crippen LogP contribution is 2.20. The number of nitro groups is 1. The van der Waals surface area contributed by atoms with Gasteiger partial charge in [-0.2, -0.15) is 5.10 Å². The average molecular weight is 352 g/mol. The van der Waals surface area contributed by atoms with Crippen LogP contribution < -0.4 is 11.1 Å². The molecular formula is C17H12N4O5. The van der Waals surface area contributed by atoms with Gasteiger partial charge in [0.2, 0.25) is 0 Å². The lowest BCUT2D eigenvalue weighted by Gasteiger charge is -2.03. The van der Waals surface area contributed by atoms with Crippen LogP contribution in [0.4, 0.5) is 5.69 Å². The number of nitro benzene ring substituents is 1. The molecule has 0 saturated carbocycles. The van der Waals surface area contributed by atoms with E-state index in [1.165, 1.54) is 43.6 Å². The zero-order chi connectivity index (χ0) is 18.7. The van der Waals surface area contributed by atoms with Crippen LogP contribution in [0.15, 0.2) is 63.1 Å². The smallest absolute Gasteiger partial charge is 0.345 e. The van der Waals surface area contributed by atoms with Gasteiger partial charge in [0.05, 0.1) is 21.8 Å². The number of hydrogen-bond acceptors (Lipinski definition) is 7. The Balaban J connectivity index is 1.93. The lowest BCUT2D eigenvalue weighted by Crippen LogP contribution is -2.21. The van der Waals surface area contributed by atoms with Crippen molar-refractivity contribution < 1.29 is 14.1 Å². The van der Waals surface area contributed by atoms with E-state index in [2.05, 4.69) is 15.5 Å². The summed E-state index contributed by atoms with van der Waals surface area (Å²) in [5.41, 5.74) is 2.35. The van der Waals surface area contributed by atoms with Gasteiger partial charge >= 0.3 is 5.63 Å². The number of nitrogens with one attached hydrogen (secondary N) is 1. The lowest BCUT2D eigenvalue weighted by atomic mass is 10.1. The van der Waals surface area contributed by atoms with Crippen molar-refractivity contribution in [2.45, 2.75) is 6.92 Å². The van der Waals surface area contributed by atoms with Gasteiger partial charge in [0.1, 0.15) is 5.58 Å². The zero-order valence-electron chi connectivity index (χ0n) is 13.5. The fourth-order valence-electron chi connectivity index (χ4n) is 2.23. The number of amides is 1. The maximum absolute atomic E-state index is 12.1. The minimum absolute atomic E-state index is 0.0875. The highest BCUT2D eigenvalue weighted by Gasteiger charge is 2.13. The third kappa shape index (κ3) is 3.46. The molecule has 0 aliphatic carbocycles. The Hall–Kier alpha value is -3.88. The van der Waals surface area contributed by atoms with E-state index in [9.17, 15) is 19.7 Å². The quantitative estimate of drug-likeness (QED) is 0.332. The molecule has 9 nitrogen and oxygen atoms in total. The monoisotopic (exact) mass is 352 g/mol. The Morgan fingerprint density at radius 1 is 1.31 bits per heavy atom. The second-order valence-corrected chi connectivity index (χ2v) is 5.31. The normalized spacial score (nSPS) is 11.3. The Morgan fingerprint density at radius 2 is 2.12 bits per heavy atom. The molecule has 1 aromatic carbocycles. The summed E-state index contributed by atoms with van der Waals surface area (Å²) in [6.07, 6.45) is 2.91. The van der Waals surface area contributed by atoms with E-state index in [1.54, 1.807) is 12.1 Å². The number of nitrogens with zero attached hydrogens (tertiary/aromatic N) is 3. The van der Waals surface area contributed by atoms with Crippen molar-refractivity contribution in [1.82, 2.24) is 10.4 Å². The van der Waals surface area contributed by atoms with E-state index in [1.807, 2.05) is 0 Å². The number of fused-ring (bicyclic) bond motifs is 1. The van der Waals surface area contributed by atoms with Crippen molar-refractivity contribution in [3.63, 3.8) is 0 Å². The van der Waals surface area contributed by atoms with E-state index >= 15 is 0 Å². The molecule has 0 aliphatic rings. The van der Waals surface area contributed by atoms with E-state index < -0.39 is 16.5 Å². The van der Waals surface area contributed by atoms with Crippen LogP contribution in [0.25, 0.3) is 11.0 Å². The van der Waals surface area contributed by atoms with Crippen molar-refractivity contribution >= 4 is 28.3 Å². The molecular weight excluding hydrogens is 340 g/mol. The predicted octanol–water partition coefficient (Wildman–Crippen LogP) is 2.25. The molecule has 130 valence electrons. The third-order valence-corrected chi connectivity index (χ3v) is 3.57. The van der Waals surface area contributed by atoms with Gasteiger partial charge in [0.15, 0.2) is 0 Å². The molecule has 1 amide bonds. The van der Waals surface area contributed by atoms with Crippen molar-refractivity contribution in [3.8, 4) is 0 Å². The molecule has 0 aliphatic heterocycles. The van der Waals surface area contributed by atoms with Crippen LogP contribution in [0, 0.1) is 10.1 Å². The molecule has 2 aromatic heterocycles. The van der Waals surface area contributed by atoms with Crippen LogP contribution >= 0.6 is 0 Å². The van der Waals surface area contributed by atoms with Crippen molar-refractivity contribution in [2.75, 3.05) is 0 Å². The highest BCUT2D eigenvalue weighted by molar-refractivity contribution is 6.02. The number of benzene rings is 1. The van der Waals surface area contributed by atoms with E-state index in [-0.39, 0.29) is 22.5 Å². The average Bonchev–Trinajstić information content (AvgIpc) is 2.65. The fraction of sp³-hybridized carbons (Fsp3) is 0.0588. The molecule has 0 spiro atoms. The molecule has 0 fully saturated rings. The molecule has 0 unspecified atom stereocenters. The number of non-ortho nitro benzene ring substituents is 1. The minimum Gasteiger partial charge on any atom is -0.422 e. The van der Waals surface area contributed by atoms with Crippen molar-refractivity contribution in [3.05, 3.63) is 80.5 Å². The van der Waals surface area contributed by atoms with Crippen LogP contribution in [0.3, 0.4) is 0 Å². The molecule has 3 aromatic rings. The summed E-state index contributed by atoms with van der Waals surface area (Å²) >= 11 is 0. The largest absolute Gasteiger partial charge is 0.422 e. The number of rotatable bonds is 4. The van der Waals surface area contributed by atoms with Crippen LogP contribution in [0.5, 0.6) is 0 Å². The third-order valence-electron chi connectivity index (χ3n) is 3.57. The first-order valence-corrected chi connectivity index (χ1v) is 7.43. The number of hydrogen-bond donors (Lipinski definition) is 1. The summed E-state index contributed by atoms with van der Waals surface area (Å²) in [7, 11) is 0. The lowest BCUT2D eigenvalue weighted by molar-refractivity contribution is -0.384. The van der Waals surface area contributed by atoms with Gasteiger partial charge in [-0.1, -0.05) is 0 Å². The Morgan fingerprint density at radius 3 is 2.81 bits per heavy atom. The van der Waals surface area contributed by atoms with Crippen molar-refractivity contribution in [1.29, 1.82) is 0 Å². The number of pyridine rings is 1. The topological polar surface area (TPSA) is 128 Å². The summed E-state index contributed by atoms with van der Waals surface area (Å²) in [5, 5.41) is 15.1. The van der Waals surface area contributed by atoms with Gasteiger partial charge in [-0.25, -0.2) is 10.2 Å². The summed E-state index contributed by atoms with van der Waals surface area (Å²) in [6, 6.07) is 8.51. The van der Waals surface area contributed by atoms with Crippen LogP contribution in [0.1, 0.15) is 22.8 Å². The number of aromatic nitrogens is 1. The second-order valence-electron chi connectivity index (χ2n) is 5.31. The molecule has 0 saturated heterocycles. The highest BCUT2D eigenvalue weighted by atomic mass is 16.6. The molecule has 9 heteroatoms. The number of carbonyl (C=O) groups excluding carboxylic acids is 1. The molecule has 0 atom stereocenters. The Labute approximate surface area is 146 Å². The maximum atomic E-state index is 12.1. The molecule has 0 bridgehead atoms. The van der Waals surface area contributed by atoms with Gasteiger partial charge in [0.25, 0.3) is 11.6 Å². The molecule has 3 rings (SSSR count). The summed E-state index contributed by atoms with van der Waals surface area (Å²) in [5.74, 6) is -0.488. The van der Waals surface area contributed by atoms with Gasteiger partial charge in [-0.15, -0.1) is 0 Å². The van der Waals surface area contributed by atoms with Crippen LogP contribution in [-0.4, -0.2) is 21.5 Å². The maximum Gasteiger partial charge on any atom is 0.345 e. The van der Waals surface area contributed by atoms with Gasteiger partial charge in [0, 0.05) is 29.9 Å². The standard InChI is InChI=1S/C17H12N4O5/c1-10(19-20-16(22)11-3-2-6-18-9-11)14-8-12-7-13(21(24)25)4-5-15(12)26-17(14)23/h2-9H,1H3,(H,20,22)/b19-10-. The van der Waals surface area contributed by atoms with E-state index in [0.29, 0.717) is 10.9 Å². The number of hydrazone groups is 1. The SMILES string of the molecule is C/C(=N/NC(=O)c1cccnc1)c1cc2cc([N+](=O)[O-])ccc2oc1=O. The van der Waals surface area contributed by atoms with Gasteiger partial charge in [-0.3, -0.25) is 19.9 Å². The number of carbonyl (C=O) groups is 1. The first-order valence-electron chi connectivity index (χ1n) is 7.43. The first-order chi connectivity index (χ1) is 12.5.